The van der Waals surface area contributed by atoms with Gasteiger partial charge in [0.15, 0.2) is 0 Å². The molecule has 1 saturated heterocycles. The average molecular weight is 409 g/mol. The van der Waals surface area contributed by atoms with Gasteiger partial charge in [0.2, 0.25) is 0 Å². The zero-order valence-corrected chi connectivity index (χ0v) is 20.7. The van der Waals surface area contributed by atoms with Crippen molar-refractivity contribution >= 4 is 0 Å². The van der Waals surface area contributed by atoms with E-state index in [4.69, 9.17) is 0 Å². The van der Waals surface area contributed by atoms with Crippen LogP contribution in [0, 0.1) is 5.92 Å². The van der Waals surface area contributed by atoms with Gasteiger partial charge in [-0.05, 0) is 70.7 Å². The number of likely N-dealkylation sites (tertiary alicyclic amines) is 1. The Kier molecular flexibility index (Phi) is 18.5. The number of hydrogen-bond acceptors (Lipinski definition) is 2. The summed E-state index contributed by atoms with van der Waals surface area (Å²) in [7, 11) is 0. The first-order valence-electron chi connectivity index (χ1n) is 13.7. The maximum atomic E-state index is 2.75. The zero-order valence-electron chi connectivity index (χ0n) is 20.7. The molecule has 0 N–H and O–H groups in total. The lowest BCUT2D eigenvalue weighted by Crippen LogP contribution is -2.39. The molecule has 174 valence electrons. The molecule has 0 amide bonds. The molecule has 0 atom stereocenters. The normalized spacial score (nSPS) is 16.1. The summed E-state index contributed by atoms with van der Waals surface area (Å²) in [4.78, 5) is 5.46. The average Bonchev–Trinajstić information content (AvgIpc) is 2.73. The van der Waals surface area contributed by atoms with Gasteiger partial charge in [0.25, 0.3) is 0 Å². The Balaban J connectivity index is 1.88. The Labute approximate surface area is 185 Å². The minimum atomic E-state index is 0.955. The van der Waals surface area contributed by atoms with Crippen molar-refractivity contribution in [1.82, 2.24) is 9.80 Å². The molecule has 0 aromatic carbocycles. The number of hydrogen-bond donors (Lipinski definition) is 0. The van der Waals surface area contributed by atoms with Crippen molar-refractivity contribution in [2.75, 3.05) is 39.3 Å². The van der Waals surface area contributed by atoms with E-state index < -0.39 is 0 Å². The maximum absolute atomic E-state index is 2.75. The van der Waals surface area contributed by atoms with E-state index in [1.807, 2.05) is 0 Å². The Morgan fingerprint density at radius 3 is 1.48 bits per heavy atom. The molecule has 1 aliphatic heterocycles. The van der Waals surface area contributed by atoms with E-state index >= 15 is 0 Å². The summed E-state index contributed by atoms with van der Waals surface area (Å²) in [6.45, 7) is 15.0. The largest absolute Gasteiger partial charge is 0.303 e. The van der Waals surface area contributed by atoms with Gasteiger partial charge in [0, 0.05) is 6.54 Å². The van der Waals surface area contributed by atoms with Crippen LogP contribution in [0.25, 0.3) is 0 Å². The topological polar surface area (TPSA) is 6.48 Å². The molecule has 0 saturated carbocycles. The Morgan fingerprint density at radius 2 is 1.03 bits per heavy atom. The molecule has 29 heavy (non-hydrogen) atoms. The van der Waals surface area contributed by atoms with Crippen LogP contribution in [0.2, 0.25) is 0 Å². The molecule has 0 spiro atoms. The molecule has 0 bridgehead atoms. The summed E-state index contributed by atoms with van der Waals surface area (Å²) < 4.78 is 0. The molecular formula is C27H56N2. The number of nitrogens with zero attached hydrogens (tertiary/aromatic N) is 2. The third-order valence-electron chi connectivity index (χ3n) is 6.88. The molecule has 0 aromatic rings. The lowest BCUT2D eigenvalue weighted by atomic mass is 9.95. The molecule has 1 heterocycles. The fraction of sp³-hybridized carbons (Fsp3) is 1.00. The monoisotopic (exact) mass is 408 g/mol. The second-order valence-corrected chi connectivity index (χ2v) is 9.83. The molecule has 1 aliphatic rings. The maximum Gasteiger partial charge on any atom is 0.00106 e. The van der Waals surface area contributed by atoms with Crippen LogP contribution >= 0.6 is 0 Å². The highest BCUT2D eigenvalue weighted by Gasteiger charge is 2.20. The Bertz CT molecular complexity index is 316. The van der Waals surface area contributed by atoms with E-state index in [0.717, 1.165) is 5.92 Å². The number of rotatable bonds is 20. The van der Waals surface area contributed by atoms with Gasteiger partial charge in [0.05, 0.1) is 0 Å². The van der Waals surface area contributed by atoms with Gasteiger partial charge in [-0.15, -0.1) is 0 Å². The molecule has 0 aliphatic carbocycles. The Hall–Kier alpha value is -0.0800. The van der Waals surface area contributed by atoms with Gasteiger partial charge in [-0.3, -0.25) is 0 Å². The van der Waals surface area contributed by atoms with Crippen LogP contribution in [0.3, 0.4) is 0 Å². The van der Waals surface area contributed by atoms with E-state index in [2.05, 4.69) is 30.6 Å². The third-order valence-corrected chi connectivity index (χ3v) is 6.88. The van der Waals surface area contributed by atoms with Crippen LogP contribution in [-0.4, -0.2) is 49.1 Å². The molecule has 0 radical (unpaired) electrons. The molecular weight excluding hydrogens is 352 g/mol. The molecule has 0 unspecified atom stereocenters. The van der Waals surface area contributed by atoms with E-state index in [1.165, 1.54) is 148 Å². The first kappa shape index (κ1) is 27.0. The summed E-state index contributed by atoms with van der Waals surface area (Å²) in [5.74, 6) is 0.955. The molecule has 0 aromatic heterocycles. The van der Waals surface area contributed by atoms with E-state index in [9.17, 15) is 0 Å². The molecule has 1 rings (SSSR count). The fourth-order valence-corrected chi connectivity index (χ4v) is 5.04. The van der Waals surface area contributed by atoms with Crippen molar-refractivity contribution in [2.45, 2.75) is 130 Å². The summed E-state index contributed by atoms with van der Waals surface area (Å²) in [5.41, 5.74) is 0. The van der Waals surface area contributed by atoms with E-state index in [-0.39, 0.29) is 0 Å². The summed E-state index contributed by atoms with van der Waals surface area (Å²) in [5, 5.41) is 0. The van der Waals surface area contributed by atoms with Crippen molar-refractivity contribution in [2.24, 2.45) is 5.92 Å². The molecule has 2 heteroatoms. The van der Waals surface area contributed by atoms with Crippen molar-refractivity contribution in [1.29, 1.82) is 0 Å². The minimum Gasteiger partial charge on any atom is -0.303 e. The predicted molar refractivity (Wildman–Crippen MR) is 132 cm³/mol. The van der Waals surface area contributed by atoms with Gasteiger partial charge in [-0.25, -0.2) is 0 Å². The van der Waals surface area contributed by atoms with Crippen molar-refractivity contribution in [3.05, 3.63) is 0 Å². The SMILES string of the molecule is CCCCCCCCCCCCCCCN1CCC(CN(CCC)CCC)CC1. The van der Waals surface area contributed by atoms with Gasteiger partial charge < -0.3 is 9.80 Å². The summed E-state index contributed by atoms with van der Waals surface area (Å²) in [6, 6.07) is 0. The van der Waals surface area contributed by atoms with Crippen molar-refractivity contribution < 1.29 is 0 Å². The van der Waals surface area contributed by atoms with Crippen LogP contribution in [-0.2, 0) is 0 Å². The molecule has 2 nitrogen and oxygen atoms in total. The Morgan fingerprint density at radius 1 is 0.586 bits per heavy atom. The standard InChI is InChI=1S/C27H56N2/c1-4-7-8-9-10-11-12-13-14-15-16-17-18-23-28-24-19-27(20-25-28)26-29(21-5-2)22-6-3/h27H,4-26H2,1-3H3. The second kappa shape index (κ2) is 19.9. The number of piperidine rings is 1. The minimum absolute atomic E-state index is 0.955. The van der Waals surface area contributed by atoms with Gasteiger partial charge in [0.1, 0.15) is 0 Å². The van der Waals surface area contributed by atoms with Crippen LogP contribution in [0.1, 0.15) is 130 Å². The molecule has 1 fully saturated rings. The van der Waals surface area contributed by atoms with Gasteiger partial charge >= 0.3 is 0 Å². The highest BCUT2D eigenvalue weighted by molar-refractivity contribution is 4.75. The third kappa shape index (κ3) is 15.4. The fourth-order valence-electron chi connectivity index (χ4n) is 5.04. The first-order valence-corrected chi connectivity index (χ1v) is 13.7. The van der Waals surface area contributed by atoms with Crippen molar-refractivity contribution in [3.63, 3.8) is 0 Å². The van der Waals surface area contributed by atoms with Crippen LogP contribution in [0.5, 0.6) is 0 Å². The van der Waals surface area contributed by atoms with E-state index in [0.29, 0.717) is 0 Å². The lowest BCUT2D eigenvalue weighted by molar-refractivity contribution is 0.141. The highest BCUT2D eigenvalue weighted by atomic mass is 15.1. The first-order chi connectivity index (χ1) is 14.3. The quantitative estimate of drug-likeness (QED) is 0.189. The van der Waals surface area contributed by atoms with Crippen molar-refractivity contribution in [3.8, 4) is 0 Å². The predicted octanol–water partition coefficient (Wildman–Crippen LogP) is 7.91. The van der Waals surface area contributed by atoms with Gasteiger partial charge in [-0.1, -0.05) is 97.8 Å². The zero-order chi connectivity index (χ0) is 21.0. The highest BCUT2D eigenvalue weighted by Crippen LogP contribution is 2.20. The smallest absolute Gasteiger partial charge is 0.00106 e. The van der Waals surface area contributed by atoms with Crippen LogP contribution in [0.4, 0.5) is 0 Å². The lowest BCUT2D eigenvalue weighted by Gasteiger charge is -2.35. The summed E-state index contributed by atoms with van der Waals surface area (Å²) in [6.07, 6.45) is 24.4. The van der Waals surface area contributed by atoms with Crippen LogP contribution < -0.4 is 0 Å². The van der Waals surface area contributed by atoms with Crippen LogP contribution in [0.15, 0.2) is 0 Å². The second-order valence-electron chi connectivity index (χ2n) is 9.83. The summed E-state index contributed by atoms with van der Waals surface area (Å²) >= 11 is 0. The van der Waals surface area contributed by atoms with Gasteiger partial charge in [-0.2, -0.15) is 0 Å². The van der Waals surface area contributed by atoms with E-state index in [1.54, 1.807) is 0 Å². The number of unbranched alkanes of at least 4 members (excludes halogenated alkanes) is 12.